The Hall–Kier alpha value is -0.870. The fraction of sp³-hybridized carbons (Fsp3) is 0.562. The molecule has 0 radical (unpaired) electrons. The first kappa shape index (κ1) is 15.0. The topological polar surface area (TPSA) is 33.6 Å². The van der Waals surface area contributed by atoms with Crippen molar-refractivity contribution >= 4 is 28.5 Å². The lowest BCUT2D eigenvalue weighted by atomic mass is 9.86. The Labute approximate surface area is 135 Å². The summed E-state index contributed by atoms with van der Waals surface area (Å²) in [6.45, 7) is 0.565. The standard InChI is InChI=1S/C16H21ClN2OS/c1-20-15-8-4-6-13(17)12(15)9-18-16-19-14-7-3-2-5-11(14)10-21-16/h4,6,8,11,14H,2-3,5,7,9-10H2,1H3,(H,18,19). The number of amidine groups is 1. The van der Waals surface area contributed by atoms with Gasteiger partial charge < -0.3 is 10.1 Å². The van der Waals surface area contributed by atoms with E-state index in [-0.39, 0.29) is 0 Å². The van der Waals surface area contributed by atoms with E-state index >= 15 is 0 Å². The maximum absolute atomic E-state index is 6.26. The van der Waals surface area contributed by atoms with E-state index in [2.05, 4.69) is 5.32 Å². The van der Waals surface area contributed by atoms with Crippen molar-refractivity contribution in [2.24, 2.45) is 10.9 Å². The highest BCUT2D eigenvalue weighted by molar-refractivity contribution is 8.13. The number of nitrogens with zero attached hydrogens (tertiary/aromatic N) is 1. The predicted molar refractivity (Wildman–Crippen MR) is 90.5 cm³/mol. The van der Waals surface area contributed by atoms with Crippen molar-refractivity contribution in [3.63, 3.8) is 0 Å². The lowest BCUT2D eigenvalue weighted by Gasteiger charge is -2.36. The molecule has 0 amide bonds. The number of halogens is 1. The van der Waals surface area contributed by atoms with Gasteiger partial charge in [-0.15, -0.1) is 0 Å². The van der Waals surface area contributed by atoms with Gasteiger partial charge in [0.15, 0.2) is 5.17 Å². The first-order chi connectivity index (χ1) is 10.3. The molecule has 1 saturated carbocycles. The summed E-state index contributed by atoms with van der Waals surface area (Å²) in [5.74, 6) is 2.82. The van der Waals surface area contributed by atoms with Crippen LogP contribution in [0.5, 0.6) is 5.75 Å². The van der Waals surface area contributed by atoms with E-state index in [1.165, 1.54) is 31.4 Å². The molecule has 0 bridgehead atoms. The minimum atomic E-state index is 0.565. The molecule has 3 rings (SSSR count). The van der Waals surface area contributed by atoms with E-state index in [4.69, 9.17) is 21.3 Å². The van der Waals surface area contributed by atoms with Gasteiger partial charge in [0.25, 0.3) is 0 Å². The molecule has 1 heterocycles. The van der Waals surface area contributed by atoms with Crippen molar-refractivity contribution in [2.45, 2.75) is 38.3 Å². The Morgan fingerprint density at radius 1 is 1.38 bits per heavy atom. The predicted octanol–water partition coefficient (Wildman–Crippen LogP) is 4.10. The number of nitrogens with one attached hydrogen (secondary N) is 1. The average Bonchev–Trinajstić information content (AvgIpc) is 2.53. The van der Waals surface area contributed by atoms with Crippen LogP contribution in [-0.4, -0.2) is 24.1 Å². The number of aliphatic imine (C=N–C) groups is 1. The van der Waals surface area contributed by atoms with Crippen LogP contribution in [-0.2, 0) is 6.54 Å². The zero-order chi connectivity index (χ0) is 14.7. The molecule has 114 valence electrons. The van der Waals surface area contributed by atoms with Crippen LogP contribution in [0.4, 0.5) is 0 Å². The second-order valence-electron chi connectivity index (χ2n) is 5.65. The van der Waals surface area contributed by atoms with Crippen molar-refractivity contribution in [3.05, 3.63) is 28.8 Å². The quantitative estimate of drug-likeness (QED) is 0.908. The van der Waals surface area contributed by atoms with Gasteiger partial charge in [0.1, 0.15) is 5.75 Å². The zero-order valence-corrected chi connectivity index (χ0v) is 13.8. The molecule has 3 nitrogen and oxygen atoms in total. The van der Waals surface area contributed by atoms with Gasteiger partial charge in [-0.2, -0.15) is 0 Å². The second-order valence-corrected chi connectivity index (χ2v) is 7.06. The fourth-order valence-electron chi connectivity index (χ4n) is 3.11. The summed E-state index contributed by atoms with van der Waals surface area (Å²) in [5.41, 5.74) is 0.960. The lowest BCUT2D eigenvalue weighted by Crippen LogP contribution is -2.46. The second kappa shape index (κ2) is 6.93. The SMILES string of the molecule is COc1cccc(Cl)c1CN=C1NC2CCCCC2CS1. The molecule has 1 N–H and O–H groups in total. The maximum atomic E-state index is 6.26. The molecular formula is C16H21ClN2OS. The molecule has 1 aliphatic heterocycles. The van der Waals surface area contributed by atoms with E-state index in [0.29, 0.717) is 12.6 Å². The van der Waals surface area contributed by atoms with Crippen molar-refractivity contribution in [2.75, 3.05) is 12.9 Å². The van der Waals surface area contributed by atoms with Gasteiger partial charge in [-0.3, -0.25) is 4.99 Å². The van der Waals surface area contributed by atoms with Crippen LogP contribution in [0.3, 0.4) is 0 Å². The molecular weight excluding hydrogens is 304 g/mol. The number of fused-ring (bicyclic) bond motifs is 1. The highest BCUT2D eigenvalue weighted by atomic mass is 35.5. The summed E-state index contributed by atoms with van der Waals surface area (Å²) in [4.78, 5) is 4.72. The average molecular weight is 325 g/mol. The molecule has 5 heteroatoms. The van der Waals surface area contributed by atoms with E-state index in [0.717, 1.165) is 27.4 Å². The molecule has 1 aromatic rings. The van der Waals surface area contributed by atoms with Gasteiger partial charge in [-0.05, 0) is 30.9 Å². The number of hydrogen-bond donors (Lipinski definition) is 1. The molecule has 1 aliphatic carbocycles. The Morgan fingerprint density at radius 2 is 2.24 bits per heavy atom. The summed E-state index contributed by atoms with van der Waals surface area (Å²) in [5, 5.41) is 5.38. The van der Waals surface area contributed by atoms with Crippen molar-refractivity contribution in [1.82, 2.24) is 5.32 Å². The molecule has 0 spiro atoms. The molecule has 0 aromatic heterocycles. The van der Waals surface area contributed by atoms with Gasteiger partial charge in [0, 0.05) is 22.4 Å². The van der Waals surface area contributed by atoms with E-state index in [1.54, 1.807) is 7.11 Å². The van der Waals surface area contributed by atoms with Gasteiger partial charge >= 0.3 is 0 Å². The van der Waals surface area contributed by atoms with E-state index in [1.807, 2.05) is 30.0 Å². The summed E-state index contributed by atoms with van der Waals surface area (Å²) in [6.07, 6.45) is 5.35. The summed E-state index contributed by atoms with van der Waals surface area (Å²) >= 11 is 8.10. The highest BCUT2D eigenvalue weighted by Gasteiger charge is 2.30. The molecule has 2 fully saturated rings. The van der Waals surface area contributed by atoms with E-state index < -0.39 is 0 Å². The van der Waals surface area contributed by atoms with Crippen molar-refractivity contribution < 1.29 is 4.74 Å². The van der Waals surface area contributed by atoms with Crippen LogP contribution < -0.4 is 10.1 Å². The monoisotopic (exact) mass is 324 g/mol. The van der Waals surface area contributed by atoms with Gasteiger partial charge in [-0.25, -0.2) is 0 Å². The molecule has 2 unspecified atom stereocenters. The largest absolute Gasteiger partial charge is 0.496 e. The molecule has 2 atom stereocenters. The van der Waals surface area contributed by atoms with Crippen molar-refractivity contribution in [1.29, 1.82) is 0 Å². The van der Waals surface area contributed by atoms with Crippen LogP contribution in [0, 0.1) is 5.92 Å². The Morgan fingerprint density at radius 3 is 3.10 bits per heavy atom. The number of rotatable bonds is 3. The summed E-state index contributed by atoms with van der Waals surface area (Å²) in [6, 6.07) is 6.34. The highest BCUT2D eigenvalue weighted by Crippen LogP contribution is 2.32. The third-order valence-electron chi connectivity index (χ3n) is 4.33. The third kappa shape index (κ3) is 3.49. The number of benzene rings is 1. The van der Waals surface area contributed by atoms with Crippen LogP contribution in [0.1, 0.15) is 31.2 Å². The number of methoxy groups -OCH3 is 1. The smallest absolute Gasteiger partial charge is 0.157 e. The van der Waals surface area contributed by atoms with Crippen LogP contribution in [0.25, 0.3) is 0 Å². The van der Waals surface area contributed by atoms with Gasteiger partial charge in [0.05, 0.1) is 13.7 Å². The van der Waals surface area contributed by atoms with Crippen molar-refractivity contribution in [3.8, 4) is 5.75 Å². The van der Waals surface area contributed by atoms with Gasteiger partial charge in [-0.1, -0.05) is 42.3 Å². The molecule has 2 aliphatic rings. The molecule has 1 saturated heterocycles. The molecule has 1 aromatic carbocycles. The number of hydrogen-bond acceptors (Lipinski definition) is 3. The molecule has 21 heavy (non-hydrogen) atoms. The fourth-order valence-corrected chi connectivity index (χ4v) is 4.50. The first-order valence-corrected chi connectivity index (χ1v) is 8.89. The Bertz CT molecular complexity index is 535. The maximum Gasteiger partial charge on any atom is 0.157 e. The van der Waals surface area contributed by atoms with Crippen LogP contribution in [0.2, 0.25) is 5.02 Å². The van der Waals surface area contributed by atoms with Crippen LogP contribution >= 0.6 is 23.4 Å². The normalized spacial score (nSPS) is 27.0. The minimum Gasteiger partial charge on any atom is -0.496 e. The number of ether oxygens (including phenoxy) is 1. The number of thioether (sulfide) groups is 1. The first-order valence-electron chi connectivity index (χ1n) is 7.53. The summed E-state index contributed by atoms with van der Waals surface area (Å²) in [7, 11) is 1.67. The Kier molecular flexibility index (Phi) is 4.96. The summed E-state index contributed by atoms with van der Waals surface area (Å²) < 4.78 is 5.37. The van der Waals surface area contributed by atoms with Crippen LogP contribution in [0.15, 0.2) is 23.2 Å². The van der Waals surface area contributed by atoms with E-state index in [9.17, 15) is 0 Å². The Balaban J connectivity index is 1.69. The minimum absolute atomic E-state index is 0.565. The third-order valence-corrected chi connectivity index (χ3v) is 5.80. The zero-order valence-electron chi connectivity index (χ0n) is 12.3. The van der Waals surface area contributed by atoms with Gasteiger partial charge in [0.2, 0.25) is 0 Å². The lowest BCUT2D eigenvalue weighted by molar-refractivity contribution is 0.311.